The van der Waals surface area contributed by atoms with E-state index in [1.807, 2.05) is 0 Å². The molecule has 0 fully saturated rings. The third kappa shape index (κ3) is 2100000000. The predicted molar refractivity (Wildman–Crippen MR) is 47.2 cm³/mol. The van der Waals surface area contributed by atoms with E-state index in [0.717, 1.165) is 0 Å². The fraction of sp³-hybridized carbons (Fsp3) is 0. The summed E-state index contributed by atoms with van der Waals surface area (Å²) in [7, 11) is 0. The van der Waals surface area contributed by atoms with Crippen LogP contribution < -0.4 is 0 Å². The van der Waals surface area contributed by atoms with E-state index < -0.39 is 0 Å². The average Bonchev–Trinajstić information content (AvgIpc) is 2.84. The summed E-state index contributed by atoms with van der Waals surface area (Å²) >= 11 is 0. The van der Waals surface area contributed by atoms with Crippen LogP contribution in [0, 0.1) is 79.8 Å². The van der Waals surface area contributed by atoms with Gasteiger partial charge in [-0.05, 0) is 0 Å². The Morgan fingerprint density at radius 1 is 0.133 bits per heavy atom. The standard InChI is InChI=1S/12CO.6Fe/c12*1-2;;;;;;. The molecule has 0 spiro atoms. The number of hydrogen-bond donors (Lipinski definition) is 0. The molecule has 0 aromatic heterocycles. The maximum absolute atomic E-state index is 7.50. The van der Waals surface area contributed by atoms with Crippen molar-refractivity contribution in [3.63, 3.8) is 0 Å². The molecule has 0 heterocycles. The minimum atomic E-state index is 0. The smallest absolute Gasteiger partial charge is 0 e. The van der Waals surface area contributed by atoms with Gasteiger partial charge >= 0.3 is 136 Å². The van der Waals surface area contributed by atoms with Crippen molar-refractivity contribution in [2.24, 2.45) is 0 Å². The summed E-state index contributed by atoms with van der Waals surface area (Å²) in [6.07, 6.45) is 0. The molecule has 18 heteroatoms. The average molecular weight is 671 g/mol. The van der Waals surface area contributed by atoms with Gasteiger partial charge in [-0.1, -0.05) is 0 Å². The Morgan fingerprint density at radius 3 is 0.133 bits per heavy atom. The molecule has 0 rings (SSSR count). The number of rotatable bonds is 0. The summed E-state index contributed by atoms with van der Waals surface area (Å²) in [4.78, 5) is 0. The fourth-order valence-corrected chi connectivity index (χ4v) is 0. The molecule has 0 aliphatic heterocycles. The number of hydrogen-bond acceptors (Lipinski definition) is 0. The van der Waals surface area contributed by atoms with Gasteiger partial charge in [0.15, 0.2) is 0 Å². The molecule has 0 aromatic rings. The van der Waals surface area contributed by atoms with Crippen molar-refractivity contribution < 1.29 is 158 Å². The van der Waals surface area contributed by atoms with E-state index in [1.165, 1.54) is 0 Å². The van der Waals surface area contributed by atoms with Crippen molar-refractivity contribution in [2.45, 2.75) is 0 Å². The topological polar surface area (TPSA) is 239 Å². The first-order valence-electron chi connectivity index (χ1n) is 2.45. The van der Waals surface area contributed by atoms with E-state index in [0.29, 0.717) is 0 Å². The van der Waals surface area contributed by atoms with Gasteiger partial charge in [0, 0.05) is 102 Å². The predicted octanol–water partition coefficient (Wildman–Crippen LogP) is -0.465. The van der Waals surface area contributed by atoms with E-state index in [2.05, 4.69) is 79.8 Å². The van der Waals surface area contributed by atoms with Crippen molar-refractivity contribution in [2.75, 3.05) is 0 Å². The molecule has 0 saturated heterocycles. The molecule has 0 amide bonds. The first-order chi connectivity index (χ1) is 12.0. The van der Waals surface area contributed by atoms with E-state index in [9.17, 15) is 0 Å². The zero-order valence-electron chi connectivity index (χ0n) is 13.0. The van der Waals surface area contributed by atoms with Crippen LogP contribution in [0.5, 0.6) is 0 Å². The first-order valence-corrected chi connectivity index (χ1v) is 2.45. The zero-order valence-corrected chi connectivity index (χ0v) is 19.6. The third-order valence-electron chi connectivity index (χ3n) is 0. The zero-order chi connectivity index (χ0) is 24.0. The molecule has 0 radical (unpaired) electrons. The second kappa shape index (κ2) is 2340000000. The molecule has 12 nitrogen and oxygen atoms in total. The van der Waals surface area contributed by atoms with Crippen LogP contribution in [-0.2, 0) is 158 Å². The van der Waals surface area contributed by atoms with Gasteiger partial charge < -0.3 is 0 Å². The Morgan fingerprint density at radius 2 is 0.133 bits per heavy atom. The molecule has 30 heavy (non-hydrogen) atoms. The van der Waals surface area contributed by atoms with E-state index in [-0.39, 0.29) is 102 Å². The van der Waals surface area contributed by atoms with Crippen LogP contribution in [0.25, 0.3) is 0 Å². The summed E-state index contributed by atoms with van der Waals surface area (Å²) in [5, 5.41) is 0. The molecule has 0 saturated carbocycles. The van der Waals surface area contributed by atoms with Crippen molar-refractivity contribution in [3.8, 4) is 0 Å². The second-order valence-corrected chi connectivity index (χ2v) is 0. The van der Waals surface area contributed by atoms with Crippen LogP contribution in [0.3, 0.4) is 0 Å². The Balaban J connectivity index is -0.00000000321. The van der Waals surface area contributed by atoms with Crippen molar-refractivity contribution in [1.82, 2.24) is 0 Å². The molecule has 0 aliphatic carbocycles. The van der Waals surface area contributed by atoms with Crippen LogP contribution >= 0.6 is 0 Å². The van der Waals surface area contributed by atoms with Crippen LogP contribution in [0.4, 0.5) is 0 Å². The van der Waals surface area contributed by atoms with Gasteiger partial charge in [-0.2, -0.15) is 0 Å². The van der Waals surface area contributed by atoms with Crippen LogP contribution in [0.1, 0.15) is 0 Å². The molecular weight excluding hydrogens is 671 g/mol. The van der Waals surface area contributed by atoms with Crippen LogP contribution in [-0.4, -0.2) is 0 Å². The van der Waals surface area contributed by atoms with Crippen molar-refractivity contribution >= 4 is 0 Å². The molecular formula is C12Fe6O12. The summed E-state index contributed by atoms with van der Waals surface area (Å²) in [5.41, 5.74) is 0. The van der Waals surface area contributed by atoms with Gasteiger partial charge in [0.05, 0.1) is 0 Å². The Hall–Kier alpha value is -0.00312. The van der Waals surface area contributed by atoms with Gasteiger partial charge in [0.1, 0.15) is 0 Å². The molecule has 0 aromatic carbocycles. The van der Waals surface area contributed by atoms with E-state index in [1.54, 1.807) is 0 Å². The molecule has 0 aliphatic rings. The minimum absolute atomic E-state index is 0. The van der Waals surface area contributed by atoms with Gasteiger partial charge in [0.25, 0.3) is 0 Å². The summed E-state index contributed by atoms with van der Waals surface area (Å²) in [5.74, 6) is 0. The summed E-state index contributed by atoms with van der Waals surface area (Å²) in [6, 6.07) is 0. The molecule has 0 unspecified atom stereocenters. The summed E-state index contributed by atoms with van der Waals surface area (Å²) < 4.78 is 90.0. The largest absolute Gasteiger partial charge is 0 e. The van der Waals surface area contributed by atoms with Gasteiger partial charge in [-0.25, -0.2) is 0 Å². The van der Waals surface area contributed by atoms with Gasteiger partial charge in [-0.3, -0.25) is 0 Å². The SMILES string of the molecule is [C-]#[O+].[C-]#[O+].[C-]#[O+].[C-]#[O+].[C-]#[O+].[C-]#[O+].[C-]#[O+].[C-]#[O+].[C-]#[O+].[C-]#[O+].[C-]#[O+].[C-]#[O+].[Fe].[Fe].[Fe].[Fe].[Fe].[Fe]. The Bertz CT molecular complexity index is 232. The van der Waals surface area contributed by atoms with Crippen LogP contribution in [0.2, 0.25) is 0 Å². The minimum Gasteiger partial charge on any atom is 0 e. The maximum Gasteiger partial charge on any atom is 0 e. The van der Waals surface area contributed by atoms with E-state index >= 15 is 0 Å². The van der Waals surface area contributed by atoms with E-state index in [4.69, 9.17) is 55.8 Å². The first kappa shape index (κ1) is 175. The maximum atomic E-state index is 7.50. The third-order valence-corrected chi connectivity index (χ3v) is 0. The second-order valence-electron chi connectivity index (χ2n) is 0. The van der Waals surface area contributed by atoms with Crippen molar-refractivity contribution in [1.29, 1.82) is 0 Å². The van der Waals surface area contributed by atoms with Crippen LogP contribution in [0.15, 0.2) is 0 Å². The quantitative estimate of drug-likeness (QED) is 0.181. The molecule has 0 bridgehead atoms. The van der Waals surface area contributed by atoms with Crippen molar-refractivity contribution in [3.05, 3.63) is 79.8 Å². The monoisotopic (exact) mass is 672 g/mol. The molecule has 0 N–H and O–H groups in total. The molecule has 0 atom stereocenters. The fourth-order valence-electron chi connectivity index (χ4n) is 0. The summed E-state index contributed by atoms with van der Waals surface area (Å²) in [6.45, 7) is 54.0. The van der Waals surface area contributed by atoms with Gasteiger partial charge in [0.2, 0.25) is 0 Å². The Labute approximate surface area is 236 Å². The van der Waals surface area contributed by atoms with Gasteiger partial charge in [-0.15, -0.1) is 0 Å². The molecule has 168 valence electrons. The normalized spacial score (nSPS) is 0.800. The Kier molecular flexibility index (Phi) is 13700000000.